The zero-order valence-corrected chi connectivity index (χ0v) is 14.1. The van der Waals surface area contributed by atoms with Crippen LogP contribution in [0.4, 0.5) is 0 Å². The maximum atomic E-state index is 12.4. The lowest BCUT2D eigenvalue weighted by atomic mass is 9.46. The molecule has 122 valence electrons. The number of fused-ring (bicyclic) bond motifs is 5. The van der Waals surface area contributed by atoms with Crippen molar-refractivity contribution in [3.05, 3.63) is 11.6 Å². The van der Waals surface area contributed by atoms with Gasteiger partial charge < -0.3 is 0 Å². The molecule has 3 saturated carbocycles. The lowest BCUT2D eigenvalue weighted by Crippen LogP contribution is -2.51. The van der Waals surface area contributed by atoms with Crippen molar-refractivity contribution in [2.24, 2.45) is 28.6 Å². The maximum absolute atomic E-state index is 12.4. The smallest absolute Gasteiger partial charge is 0.155 e. The highest BCUT2D eigenvalue weighted by molar-refractivity contribution is 5.91. The Morgan fingerprint density at radius 1 is 1.13 bits per heavy atom. The molecule has 0 radical (unpaired) electrons. The van der Waals surface area contributed by atoms with Gasteiger partial charge in [0.25, 0.3) is 0 Å². The van der Waals surface area contributed by atoms with Gasteiger partial charge in [-0.15, -0.1) is 12.3 Å². The molecule has 2 nitrogen and oxygen atoms in total. The van der Waals surface area contributed by atoms with Crippen LogP contribution in [-0.4, -0.2) is 11.6 Å². The first-order valence-corrected chi connectivity index (χ1v) is 9.22. The van der Waals surface area contributed by atoms with E-state index < -0.39 is 0 Å². The number of rotatable bonds is 1. The normalized spacial score (nSPS) is 45.6. The van der Waals surface area contributed by atoms with Gasteiger partial charge in [0.2, 0.25) is 0 Å². The zero-order valence-electron chi connectivity index (χ0n) is 14.1. The van der Waals surface area contributed by atoms with E-state index in [-0.39, 0.29) is 16.6 Å². The number of ketones is 2. The Balaban J connectivity index is 1.74. The Hall–Kier alpha value is -1.36. The predicted octanol–water partition coefficient (Wildman–Crippen LogP) is 4.09. The second-order valence-electron chi connectivity index (χ2n) is 8.51. The average molecular weight is 310 g/mol. The molecule has 0 amide bonds. The van der Waals surface area contributed by atoms with E-state index in [1.54, 1.807) is 0 Å². The first-order valence-electron chi connectivity index (χ1n) is 9.22. The number of Topliss-reactive ketones (excluding diaryl/α,β-unsaturated/α-hetero) is 1. The van der Waals surface area contributed by atoms with Gasteiger partial charge >= 0.3 is 0 Å². The Labute approximate surface area is 139 Å². The van der Waals surface area contributed by atoms with E-state index in [9.17, 15) is 9.59 Å². The molecule has 0 bridgehead atoms. The molecule has 0 aromatic heterocycles. The first-order chi connectivity index (χ1) is 11.0. The van der Waals surface area contributed by atoms with Crippen LogP contribution in [0.15, 0.2) is 11.6 Å². The Bertz CT molecular complexity index is 637. The summed E-state index contributed by atoms with van der Waals surface area (Å²) in [7, 11) is 0. The van der Waals surface area contributed by atoms with Gasteiger partial charge in [0.15, 0.2) is 5.78 Å². The van der Waals surface area contributed by atoms with Crippen LogP contribution in [0.25, 0.3) is 0 Å². The van der Waals surface area contributed by atoms with Crippen LogP contribution >= 0.6 is 0 Å². The van der Waals surface area contributed by atoms with E-state index in [2.05, 4.69) is 12.8 Å². The summed E-state index contributed by atoms with van der Waals surface area (Å²) in [6.07, 6.45) is 16.1. The van der Waals surface area contributed by atoms with Crippen LogP contribution in [0.1, 0.15) is 64.7 Å². The van der Waals surface area contributed by atoms with Crippen molar-refractivity contribution < 1.29 is 9.59 Å². The summed E-state index contributed by atoms with van der Waals surface area (Å²) in [6.45, 7) is 2.22. The highest BCUT2D eigenvalue weighted by atomic mass is 16.1. The fraction of sp³-hybridized carbons (Fsp3) is 0.714. The molecule has 0 aromatic rings. The molecule has 4 rings (SSSR count). The Kier molecular flexibility index (Phi) is 3.34. The van der Waals surface area contributed by atoms with Crippen molar-refractivity contribution in [3.8, 4) is 12.3 Å². The minimum Gasteiger partial charge on any atom is -0.299 e. The van der Waals surface area contributed by atoms with Crippen molar-refractivity contribution in [2.75, 3.05) is 0 Å². The van der Waals surface area contributed by atoms with Crippen LogP contribution < -0.4 is 0 Å². The van der Waals surface area contributed by atoms with Gasteiger partial charge in [0.1, 0.15) is 5.78 Å². The number of terminal acetylenes is 1. The van der Waals surface area contributed by atoms with Crippen molar-refractivity contribution in [2.45, 2.75) is 64.7 Å². The van der Waals surface area contributed by atoms with E-state index >= 15 is 0 Å². The van der Waals surface area contributed by atoms with Crippen molar-refractivity contribution in [3.63, 3.8) is 0 Å². The van der Waals surface area contributed by atoms with Crippen molar-refractivity contribution >= 4 is 11.6 Å². The summed E-state index contributed by atoms with van der Waals surface area (Å²) in [5.41, 5.74) is 1.31. The SMILES string of the molecule is C#CC[C@]12CCC(=O)C=C1CC[C@@H]1[C@@H]2CC[C@@]2(C)C(=O)CC[C@@H]12. The number of hydrogen-bond acceptors (Lipinski definition) is 2. The molecule has 0 saturated heterocycles. The third-order valence-electron chi connectivity index (χ3n) is 7.81. The van der Waals surface area contributed by atoms with E-state index in [0.29, 0.717) is 30.0 Å². The Morgan fingerprint density at radius 3 is 2.74 bits per heavy atom. The number of allylic oxidation sites excluding steroid dienone is 1. The third-order valence-corrected chi connectivity index (χ3v) is 7.81. The molecule has 0 N–H and O–H groups in total. The van der Waals surface area contributed by atoms with E-state index in [0.717, 1.165) is 51.4 Å². The van der Waals surface area contributed by atoms with Crippen LogP contribution in [0.2, 0.25) is 0 Å². The summed E-state index contributed by atoms with van der Waals surface area (Å²) in [4.78, 5) is 24.4. The molecular weight excluding hydrogens is 284 g/mol. The molecule has 5 atom stereocenters. The van der Waals surface area contributed by atoms with Crippen molar-refractivity contribution in [1.82, 2.24) is 0 Å². The average Bonchev–Trinajstić information content (AvgIpc) is 2.84. The molecule has 0 aliphatic heterocycles. The number of carbonyl (C=O) groups is 2. The molecular formula is C21H26O2. The molecule has 23 heavy (non-hydrogen) atoms. The van der Waals surface area contributed by atoms with E-state index in [1.165, 1.54) is 5.57 Å². The largest absolute Gasteiger partial charge is 0.299 e. The summed E-state index contributed by atoms with van der Waals surface area (Å²) in [5.74, 6) is 5.45. The minimum absolute atomic E-state index is 0.0541. The number of carbonyl (C=O) groups excluding carboxylic acids is 2. The molecule has 3 fully saturated rings. The van der Waals surface area contributed by atoms with Gasteiger partial charge in [-0.1, -0.05) is 12.5 Å². The highest BCUT2D eigenvalue weighted by Crippen LogP contribution is 2.65. The third kappa shape index (κ3) is 1.95. The fourth-order valence-electron chi connectivity index (χ4n) is 6.65. The lowest BCUT2D eigenvalue weighted by molar-refractivity contribution is -0.132. The number of hydrogen-bond donors (Lipinski definition) is 0. The molecule has 0 unspecified atom stereocenters. The van der Waals surface area contributed by atoms with Crippen LogP contribution in [-0.2, 0) is 9.59 Å². The van der Waals surface area contributed by atoms with Gasteiger partial charge in [-0.25, -0.2) is 0 Å². The van der Waals surface area contributed by atoms with Gasteiger partial charge in [-0.2, -0.15) is 0 Å². The van der Waals surface area contributed by atoms with Gasteiger partial charge in [-0.05, 0) is 62.4 Å². The van der Waals surface area contributed by atoms with Crippen molar-refractivity contribution in [1.29, 1.82) is 0 Å². The second-order valence-corrected chi connectivity index (χ2v) is 8.51. The van der Waals surface area contributed by atoms with Crippen LogP contribution in [0.3, 0.4) is 0 Å². The van der Waals surface area contributed by atoms with E-state index in [4.69, 9.17) is 6.42 Å². The lowest BCUT2D eigenvalue weighted by Gasteiger charge is -2.57. The maximum Gasteiger partial charge on any atom is 0.155 e. The summed E-state index contributed by atoms with van der Waals surface area (Å²) >= 11 is 0. The minimum atomic E-state index is -0.0792. The predicted molar refractivity (Wildman–Crippen MR) is 89.5 cm³/mol. The summed E-state index contributed by atoms with van der Waals surface area (Å²) in [6, 6.07) is 0. The molecule has 2 heteroatoms. The quantitative estimate of drug-likeness (QED) is 0.684. The van der Waals surface area contributed by atoms with Crippen LogP contribution in [0.5, 0.6) is 0 Å². The molecule has 0 heterocycles. The molecule has 4 aliphatic rings. The molecule has 4 aliphatic carbocycles. The van der Waals surface area contributed by atoms with Gasteiger partial charge in [0, 0.05) is 30.1 Å². The highest BCUT2D eigenvalue weighted by Gasteiger charge is 2.59. The van der Waals surface area contributed by atoms with E-state index in [1.807, 2.05) is 6.08 Å². The van der Waals surface area contributed by atoms with Gasteiger partial charge in [0.05, 0.1) is 0 Å². The summed E-state index contributed by atoms with van der Waals surface area (Å²) < 4.78 is 0. The van der Waals surface area contributed by atoms with Crippen LogP contribution in [0, 0.1) is 40.9 Å². The topological polar surface area (TPSA) is 34.1 Å². The molecule has 0 spiro atoms. The first kappa shape index (κ1) is 15.2. The fourth-order valence-corrected chi connectivity index (χ4v) is 6.65. The summed E-state index contributed by atoms with van der Waals surface area (Å²) in [5, 5.41) is 0. The van der Waals surface area contributed by atoms with Gasteiger partial charge in [-0.3, -0.25) is 9.59 Å². The monoisotopic (exact) mass is 310 g/mol. The Morgan fingerprint density at radius 2 is 1.96 bits per heavy atom. The standard InChI is InChI=1S/C21H26O2/c1-3-10-21-12-8-15(22)13-14(21)4-5-16-17-6-7-19(23)20(17,2)11-9-18(16)21/h1,13,16-18H,4-12H2,2H3/t16-,17-,18-,20+,21-/m0/s1. The second kappa shape index (κ2) is 5.07. The zero-order chi connectivity index (χ0) is 16.2. The molecule has 0 aromatic carbocycles.